The number of thiophene rings is 1. The van der Waals surface area contributed by atoms with Crippen molar-refractivity contribution in [1.82, 2.24) is 4.98 Å². The molecule has 0 radical (unpaired) electrons. The lowest BCUT2D eigenvalue weighted by atomic mass is 9.91. The Morgan fingerprint density at radius 1 is 1.42 bits per heavy atom. The summed E-state index contributed by atoms with van der Waals surface area (Å²) in [5.74, 6) is 0.285. The minimum Gasteiger partial charge on any atom is -0.369 e. The van der Waals surface area contributed by atoms with Gasteiger partial charge >= 0.3 is 0 Å². The van der Waals surface area contributed by atoms with Gasteiger partial charge in [0.15, 0.2) is 0 Å². The van der Waals surface area contributed by atoms with Gasteiger partial charge in [-0.2, -0.15) is 0 Å². The van der Waals surface area contributed by atoms with Crippen molar-refractivity contribution in [1.29, 1.82) is 0 Å². The lowest BCUT2D eigenvalue weighted by molar-refractivity contribution is 0.1000. The number of nitrogens with two attached hydrogens (primary N) is 1. The van der Waals surface area contributed by atoms with E-state index in [1.54, 1.807) is 23.5 Å². The van der Waals surface area contributed by atoms with Gasteiger partial charge in [0.2, 0.25) is 5.91 Å². The molecule has 0 aliphatic rings. The molecule has 4 nitrogen and oxygen atoms in total. The van der Waals surface area contributed by atoms with Crippen molar-refractivity contribution in [3.05, 3.63) is 46.3 Å². The zero-order valence-electron chi connectivity index (χ0n) is 11.0. The molecular formula is C14H17N3OS. The maximum absolute atomic E-state index is 10.9. The number of aromatic nitrogens is 1. The summed E-state index contributed by atoms with van der Waals surface area (Å²) in [4.78, 5) is 16.5. The molecule has 0 unspecified atom stereocenters. The van der Waals surface area contributed by atoms with E-state index in [4.69, 9.17) is 5.73 Å². The number of amides is 1. The standard InChI is InChI=1S/C14H17N3OS/c1-14(2,11-4-3-7-19-11)9-17-12-6-5-10(8-16-12)13(15)18/h3-8H,9H2,1-2H3,(H2,15,18)(H,16,17). The second-order valence-corrected chi connectivity index (χ2v) is 5.96. The topological polar surface area (TPSA) is 68.0 Å². The molecule has 2 aromatic rings. The number of anilines is 1. The van der Waals surface area contributed by atoms with Crippen molar-refractivity contribution in [2.45, 2.75) is 19.3 Å². The quantitative estimate of drug-likeness (QED) is 0.881. The molecule has 2 aromatic heterocycles. The first-order chi connectivity index (χ1) is 8.99. The largest absolute Gasteiger partial charge is 0.369 e. The van der Waals surface area contributed by atoms with Crippen LogP contribution in [0.25, 0.3) is 0 Å². The predicted molar refractivity (Wildman–Crippen MR) is 78.6 cm³/mol. The Morgan fingerprint density at radius 2 is 2.21 bits per heavy atom. The third kappa shape index (κ3) is 3.32. The highest BCUT2D eigenvalue weighted by Crippen LogP contribution is 2.27. The van der Waals surface area contributed by atoms with Crippen molar-refractivity contribution in [2.75, 3.05) is 11.9 Å². The van der Waals surface area contributed by atoms with E-state index in [1.807, 2.05) is 0 Å². The van der Waals surface area contributed by atoms with E-state index in [2.05, 4.69) is 41.7 Å². The average Bonchev–Trinajstić information content (AvgIpc) is 2.91. The van der Waals surface area contributed by atoms with Gasteiger partial charge in [-0.05, 0) is 23.6 Å². The molecule has 0 saturated carbocycles. The number of carbonyl (C=O) groups excluding carboxylic acids is 1. The van der Waals surface area contributed by atoms with Crippen LogP contribution in [0.3, 0.4) is 0 Å². The number of hydrogen-bond acceptors (Lipinski definition) is 4. The summed E-state index contributed by atoms with van der Waals surface area (Å²) < 4.78 is 0. The molecule has 0 aliphatic heterocycles. The van der Waals surface area contributed by atoms with E-state index in [9.17, 15) is 4.79 Å². The molecule has 0 aliphatic carbocycles. The predicted octanol–water partition coefficient (Wildman–Crippen LogP) is 2.63. The minimum atomic E-state index is -0.460. The molecular weight excluding hydrogens is 258 g/mol. The molecule has 0 atom stereocenters. The van der Waals surface area contributed by atoms with Crippen molar-refractivity contribution in [2.24, 2.45) is 5.73 Å². The lowest BCUT2D eigenvalue weighted by Gasteiger charge is -2.24. The van der Waals surface area contributed by atoms with Crippen molar-refractivity contribution in [3.63, 3.8) is 0 Å². The number of hydrogen-bond donors (Lipinski definition) is 2. The monoisotopic (exact) mass is 275 g/mol. The van der Waals surface area contributed by atoms with Crippen LogP contribution in [-0.4, -0.2) is 17.4 Å². The first kappa shape index (κ1) is 13.5. The number of rotatable bonds is 5. The highest BCUT2D eigenvalue weighted by Gasteiger charge is 2.21. The zero-order chi connectivity index (χ0) is 13.9. The Morgan fingerprint density at radius 3 is 2.74 bits per heavy atom. The summed E-state index contributed by atoms with van der Waals surface area (Å²) in [6, 6.07) is 7.64. The van der Waals surface area contributed by atoms with E-state index < -0.39 is 5.91 Å². The van der Waals surface area contributed by atoms with Gasteiger partial charge in [-0.3, -0.25) is 4.79 Å². The summed E-state index contributed by atoms with van der Waals surface area (Å²) in [6.45, 7) is 5.14. The van der Waals surface area contributed by atoms with Gasteiger partial charge in [-0.1, -0.05) is 19.9 Å². The van der Waals surface area contributed by atoms with Crippen molar-refractivity contribution in [3.8, 4) is 0 Å². The number of primary amides is 1. The Labute approximate surface area is 116 Å². The first-order valence-electron chi connectivity index (χ1n) is 6.03. The molecule has 0 bridgehead atoms. The molecule has 19 heavy (non-hydrogen) atoms. The number of carbonyl (C=O) groups is 1. The average molecular weight is 275 g/mol. The highest BCUT2D eigenvalue weighted by molar-refractivity contribution is 7.10. The van der Waals surface area contributed by atoms with Crippen LogP contribution < -0.4 is 11.1 Å². The summed E-state index contributed by atoms with van der Waals surface area (Å²) in [6.07, 6.45) is 1.49. The molecule has 0 aromatic carbocycles. The molecule has 2 heterocycles. The molecule has 0 fully saturated rings. The Bertz CT molecular complexity index is 547. The van der Waals surface area contributed by atoms with E-state index >= 15 is 0 Å². The normalized spacial score (nSPS) is 11.3. The van der Waals surface area contributed by atoms with Gasteiger partial charge < -0.3 is 11.1 Å². The lowest BCUT2D eigenvalue weighted by Crippen LogP contribution is -2.26. The van der Waals surface area contributed by atoms with E-state index in [0.29, 0.717) is 5.56 Å². The van der Waals surface area contributed by atoms with Gasteiger partial charge in [0.25, 0.3) is 0 Å². The van der Waals surface area contributed by atoms with Gasteiger partial charge in [0.1, 0.15) is 5.82 Å². The fourth-order valence-electron chi connectivity index (χ4n) is 1.71. The minimum absolute atomic E-state index is 0.0399. The maximum atomic E-state index is 10.9. The first-order valence-corrected chi connectivity index (χ1v) is 6.91. The van der Waals surface area contributed by atoms with Crippen molar-refractivity contribution >= 4 is 23.1 Å². The molecule has 0 saturated heterocycles. The molecule has 0 spiro atoms. The van der Waals surface area contributed by atoms with Gasteiger partial charge in [0.05, 0.1) is 5.56 Å². The molecule has 3 N–H and O–H groups in total. The highest BCUT2D eigenvalue weighted by atomic mass is 32.1. The SMILES string of the molecule is CC(C)(CNc1ccc(C(N)=O)cn1)c1cccs1. The fraction of sp³-hybridized carbons (Fsp3) is 0.286. The van der Waals surface area contributed by atoms with Crippen LogP contribution in [0.2, 0.25) is 0 Å². The smallest absolute Gasteiger partial charge is 0.250 e. The Hall–Kier alpha value is -1.88. The molecule has 100 valence electrons. The van der Waals surface area contributed by atoms with Crippen molar-refractivity contribution < 1.29 is 4.79 Å². The second kappa shape index (κ2) is 5.40. The number of nitrogens with one attached hydrogen (secondary N) is 1. The van der Waals surface area contributed by atoms with Crippen LogP contribution in [-0.2, 0) is 5.41 Å². The summed E-state index contributed by atoms with van der Waals surface area (Å²) in [5, 5.41) is 5.36. The summed E-state index contributed by atoms with van der Waals surface area (Å²) in [7, 11) is 0. The number of nitrogens with zero attached hydrogens (tertiary/aromatic N) is 1. The molecule has 2 rings (SSSR count). The van der Waals surface area contributed by atoms with Crippen LogP contribution in [0.4, 0.5) is 5.82 Å². The van der Waals surface area contributed by atoms with Crippen LogP contribution in [0, 0.1) is 0 Å². The molecule has 5 heteroatoms. The van der Waals surface area contributed by atoms with Gasteiger partial charge in [0, 0.05) is 23.0 Å². The molecule has 1 amide bonds. The van der Waals surface area contributed by atoms with Gasteiger partial charge in [-0.15, -0.1) is 11.3 Å². The fourth-order valence-corrected chi connectivity index (χ4v) is 2.56. The zero-order valence-corrected chi connectivity index (χ0v) is 11.8. The second-order valence-electron chi connectivity index (χ2n) is 5.01. The summed E-state index contributed by atoms with van der Waals surface area (Å²) >= 11 is 1.75. The van der Waals surface area contributed by atoms with Gasteiger partial charge in [-0.25, -0.2) is 4.98 Å². The van der Waals surface area contributed by atoms with Crippen LogP contribution in [0.5, 0.6) is 0 Å². The number of pyridine rings is 1. The Kier molecular flexibility index (Phi) is 3.85. The third-order valence-electron chi connectivity index (χ3n) is 2.95. The van der Waals surface area contributed by atoms with Crippen LogP contribution >= 0.6 is 11.3 Å². The van der Waals surface area contributed by atoms with E-state index in [-0.39, 0.29) is 5.41 Å². The van der Waals surface area contributed by atoms with E-state index in [1.165, 1.54) is 11.1 Å². The Balaban J connectivity index is 2.00. The summed E-state index contributed by atoms with van der Waals surface area (Å²) in [5.41, 5.74) is 5.63. The van der Waals surface area contributed by atoms with Crippen LogP contribution in [0.1, 0.15) is 29.1 Å². The van der Waals surface area contributed by atoms with E-state index in [0.717, 1.165) is 12.4 Å². The third-order valence-corrected chi connectivity index (χ3v) is 4.18. The maximum Gasteiger partial charge on any atom is 0.250 e. The van der Waals surface area contributed by atoms with Crippen LogP contribution in [0.15, 0.2) is 35.8 Å².